The number of nitriles is 1. The molecule has 0 saturated carbocycles. The zero-order chi connectivity index (χ0) is 18.6. The van der Waals surface area contributed by atoms with Crippen molar-refractivity contribution in [3.8, 4) is 40.2 Å². The van der Waals surface area contributed by atoms with Crippen molar-refractivity contribution in [2.24, 2.45) is 0 Å². The van der Waals surface area contributed by atoms with E-state index in [-0.39, 0.29) is 0 Å². The SMILES string of the molecule is N#Cc1cccc(-c2nc(-c3ccccc3)nc(-c3ccc(Br)cc3)n2)c1. The van der Waals surface area contributed by atoms with Crippen molar-refractivity contribution in [2.45, 2.75) is 0 Å². The number of benzene rings is 3. The van der Waals surface area contributed by atoms with E-state index in [0.717, 1.165) is 21.2 Å². The molecule has 128 valence electrons. The van der Waals surface area contributed by atoms with Crippen LogP contribution in [-0.2, 0) is 0 Å². The van der Waals surface area contributed by atoms with Crippen LogP contribution in [0.2, 0.25) is 0 Å². The average molecular weight is 413 g/mol. The highest BCUT2D eigenvalue weighted by atomic mass is 79.9. The van der Waals surface area contributed by atoms with Crippen molar-refractivity contribution >= 4 is 15.9 Å². The molecular weight excluding hydrogens is 400 g/mol. The number of rotatable bonds is 3. The third kappa shape index (κ3) is 3.76. The first-order chi connectivity index (χ1) is 13.2. The topological polar surface area (TPSA) is 62.5 Å². The van der Waals surface area contributed by atoms with Gasteiger partial charge in [0.2, 0.25) is 0 Å². The summed E-state index contributed by atoms with van der Waals surface area (Å²) in [7, 11) is 0. The van der Waals surface area contributed by atoms with Crippen molar-refractivity contribution in [2.75, 3.05) is 0 Å². The summed E-state index contributed by atoms with van der Waals surface area (Å²) >= 11 is 3.45. The zero-order valence-electron chi connectivity index (χ0n) is 14.2. The first-order valence-corrected chi connectivity index (χ1v) is 9.10. The number of halogens is 1. The Morgan fingerprint density at radius 3 is 1.81 bits per heavy atom. The van der Waals surface area contributed by atoms with Crippen LogP contribution in [0.3, 0.4) is 0 Å². The van der Waals surface area contributed by atoms with Gasteiger partial charge in [0, 0.05) is 21.2 Å². The Kier molecular flexibility index (Phi) is 4.73. The largest absolute Gasteiger partial charge is 0.208 e. The highest BCUT2D eigenvalue weighted by Gasteiger charge is 2.12. The molecule has 4 nitrogen and oxygen atoms in total. The summed E-state index contributed by atoms with van der Waals surface area (Å²) in [5.74, 6) is 1.73. The van der Waals surface area contributed by atoms with Gasteiger partial charge in [-0.15, -0.1) is 0 Å². The molecule has 27 heavy (non-hydrogen) atoms. The minimum atomic E-state index is 0.541. The monoisotopic (exact) mass is 412 g/mol. The van der Waals surface area contributed by atoms with Crippen molar-refractivity contribution in [3.63, 3.8) is 0 Å². The molecule has 0 atom stereocenters. The molecule has 4 rings (SSSR count). The van der Waals surface area contributed by atoms with Crippen molar-refractivity contribution in [1.82, 2.24) is 15.0 Å². The molecule has 0 aliphatic rings. The lowest BCUT2D eigenvalue weighted by molar-refractivity contribution is 1.07. The van der Waals surface area contributed by atoms with E-state index in [1.165, 1.54) is 0 Å². The molecule has 0 unspecified atom stereocenters. The van der Waals surface area contributed by atoms with Gasteiger partial charge in [0.15, 0.2) is 17.5 Å². The summed E-state index contributed by atoms with van der Waals surface area (Å²) in [4.78, 5) is 14.0. The van der Waals surface area contributed by atoms with Gasteiger partial charge in [-0.2, -0.15) is 5.26 Å². The van der Waals surface area contributed by atoms with Crippen molar-refractivity contribution in [3.05, 3.63) is 88.9 Å². The van der Waals surface area contributed by atoms with E-state index in [1.54, 1.807) is 12.1 Å². The summed E-state index contributed by atoms with van der Waals surface area (Å²) in [5, 5.41) is 9.19. The molecule has 0 radical (unpaired) electrons. The van der Waals surface area contributed by atoms with Crippen LogP contribution in [0, 0.1) is 11.3 Å². The number of aromatic nitrogens is 3. The first kappa shape index (κ1) is 17.1. The van der Waals surface area contributed by atoms with Crippen LogP contribution in [0.25, 0.3) is 34.2 Å². The van der Waals surface area contributed by atoms with Crippen LogP contribution in [-0.4, -0.2) is 15.0 Å². The fourth-order valence-corrected chi connectivity index (χ4v) is 2.94. The van der Waals surface area contributed by atoms with Gasteiger partial charge in [-0.1, -0.05) is 70.5 Å². The van der Waals surface area contributed by atoms with Crippen LogP contribution >= 0.6 is 15.9 Å². The number of nitrogens with zero attached hydrogens (tertiary/aromatic N) is 4. The fourth-order valence-electron chi connectivity index (χ4n) is 2.68. The number of hydrogen-bond donors (Lipinski definition) is 0. The van der Waals surface area contributed by atoms with E-state index in [0.29, 0.717) is 23.0 Å². The van der Waals surface area contributed by atoms with E-state index in [9.17, 15) is 5.26 Å². The van der Waals surface area contributed by atoms with E-state index in [4.69, 9.17) is 0 Å². The standard InChI is InChI=1S/C22H13BrN4/c23-19-11-9-17(10-12-19)21-25-20(16-6-2-1-3-7-16)26-22(27-21)18-8-4-5-15(13-18)14-24/h1-13H. The Morgan fingerprint density at radius 1 is 0.630 bits per heavy atom. The van der Waals surface area contributed by atoms with Gasteiger partial charge in [0.1, 0.15) is 0 Å². The second-order valence-corrected chi connectivity index (χ2v) is 6.79. The smallest absolute Gasteiger partial charge is 0.164 e. The highest BCUT2D eigenvalue weighted by molar-refractivity contribution is 9.10. The maximum Gasteiger partial charge on any atom is 0.164 e. The third-order valence-electron chi connectivity index (χ3n) is 4.02. The van der Waals surface area contributed by atoms with Crippen LogP contribution < -0.4 is 0 Å². The molecular formula is C22H13BrN4. The molecule has 0 spiro atoms. The predicted molar refractivity (Wildman–Crippen MR) is 109 cm³/mol. The molecule has 0 bridgehead atoms. The van der Waals surface area contributed by atoms with E-state index >= 15 is 0 Å². The van der Waals surface area contributed by atoms with Crippen LogP contribution in [0.5, 0.6) is 0 Å². The lowest BCUT2D eigenvalue weighted by Crippen LogP contribution is -2.00. The summed E-state index contributed by atoms with van der Waals surface area (Å²) in [5.41, 5.74) is 3.16. The predicted octanol–water partition coefficient (Wildman–Crippen LogP) is 5.51. The third-order valence-corrected chi connectivity index (χ3v) is 4.55. The Hall–Kier alpha value is -3.36. The Morgan fingerprint density at radius 2 is 1.19 bits per heavy atom. The van der Waals surface area contributed by atoms with Gasteiger partial charge in [0.25, 0.3) is 0 Å². The fraction of sp³-hybridized carbons (Fsp3) is 0. The summed E-state index contributed by atoms with van der Waals surface area (Å²) in [6, 6.07) is 27.1. The zero-order valence-corrected chi connectivity index (χ0v) is 15.8. The Labute approximate surface area is 165 Å². The van der Waals surface area contributed by atoms with Crippen LogP contribution in [0.4, 0.5) is 0 Å². The molecule has 0 amide bonds. The normalized spacial score (nSPS) is 10.4. The van der Waals surface area contributed by atoms with Gasteiger partial charge in [-0.3, -0.25) is 0 Å². The minimum Gasteiger partial charge on any atom is -0.208 e. The summed E-state index contributed by atoms with van der Waals surface area (Å²) < 4.78 is 0.991. The quantitative estimate of drug-likeness (QED) is 0.445. The maximum atomic E-state index is 9.19. The molecule has 0 aliphatic heterocycles. The molecule has 1 heterocycles. The number of hydrogen-bond acceptors (Lipinski definition) is 4. The molecule has 0 fully saturated rings. The van der Waals surface area contributed by atoms with E-state index in [2.05, 4.69) is 37.0 Å². The lowest BCUT2D eigenvalue weighted by atomic mass is 10.1. The van der Waals surface area contributed by atoms with Gasteiger partial charge in [0.05, 0.1) is 11.6 Å². The Balaban J connectivity index is 1.91. The van der Waals surface area contributed by atoms with Crippen molar-refractivity contribution in [1.29, 1.82) is 5.26 Å². The molecule has 0 saturated heterocycles. The summed E-state index contributed by atoms with van der Waals surface area (Å²) in [6.07, 6.45) is 0. The highest BCUT2D eigenvalue weighted by Crippen LogP contribution is 2.25. The molecule has 1 aromatic heterocycles. The first-order valence-electron chi connectivity index (χ1n) is 8.31. The second kappa shape index (κ2) is 7.48. The van der Waals surface area contributed by atoms with Crippen LogP contribution in [0.1, 0.15) is 5.56 Å². The minimum absolute atomic E-state index is 0.541. The molecule has 4 aromatic rings. The second-order valence-electron chi connectivity index (χ2n) is 5.87. The molecule has 5 heteroatoms. The summed E-state index contributed by atoms with van der Waals surface area (Å²) in [6.45, 7) is 0. The molecule has 0 N–H and O–H groups in total. The molecule has 0 aliphatic carbocycles. The molecule has 3 aromatic carbocycles. The van der Waals surface area contributed by atoms with Crippen LogP contribution in [0.15, 0.2) is 83.3 Å². The van der Waals surface area contributed by atoms with Gasteiger partial charge < -0.3 is 0 Å². The lowest BCUT2D eigenvalue weighted by Gasteiger charge is -2.08. The van der Waals surface area contributed by atoms with Gasteiger partial charge in [-0.05, 0) is 24.3 Å². The van der Waals surface area contributed by atoms with E-state index in [1.807, 2.05) is 66.7 Å². The van der Waals surface area contributed by atoms with Crippen molar-refractivity contribution < 1.29 is 0 Å². The Bertz CT molecular complexity index is 1130. The van der Waals surface area contributed by atoms with Gasteiger partial charge in [-0.25, -0.2) is 15.0 Å². The van der Waals surface area contributed by atoms with Gasteiger partial charge >= 0.3 is 0 Å². The maximum absolute atomic E-state index is 9.19. The average Bonchev–Trinajstić information content (AvgIpc) is 2.74. The van der Waals surface area contributed by atoms with E-state index < -0.39 is 0 Å².